The van der Waals surface area contributed by atoms with Crippen LogP contribution in [0.1, 0.15) is 59.8 Å². The van der Waals surface area contributed by atoms with Crippen molar-refractivity contribution in [2.24, 2.45) is 17.3 Å². The van der Waals surface area contributed by atoms with E-state index in [2.05, 4.69) is 37.9 Å². The Balaban J connectivity index is 1.92. The second-order valence-corrected chi connectivity index (χ2v) is 7.85. The molecule has 0 bridgehead atoms. The predicted molar refractivity (Wildman–Crippen MR) is 83.4 cm³/mol. The van der Waals surface area contributed by atoms with Gasteiger partial charge in [0.1, 0.15) is 0 Å². The van der Waals surface area contributed by atoms with Crippen LogP contribution in [0.5, 0.6) is 0 Å². The summed E-state index contributed by atoms with van der Waals surface area (Å²) in [5.74, 6) is 1.83. The molecule has 2 aliphatic rings. The second-order valence-electron chi connectivity index (χ2n) is 7.85. The van der Waals surface area contributed by atoms with E-state index in [0.29, 0.717) is 5.41 Å². The van der Waals surface area contributed by atoms with Gasteiger partial charge in [0.15, 0.2) is 0 Å². The second kappa shape index (κ2) is 6.58. The number of hydrogen-bond acceptors (Lipinski definition) is 2. The molecule has 0 spiro atoms. The summed E-state index contributed by atoms with van der Waals surface area (Å²) in [4.78, 5) is 2.80. The molecule has 0 aromatic heterocycles. The summed E-state index contributed by atoms with van der Waals surface area (Å²) in [6, 6.07) is 0.832. The summed E-state index contributed by atoms with van der Waals surface area (Å²) in [5, 5.41) is 3.49. The van der Waals surface area contributed by atoms with Crippen LogP contribution in [-0.2, 0) is 0 Å². The minimum atomic E-state index is 0.546. The SMILES string of the molecule is CCN(CC1CCNCC1)C1CC(C)CC(C)(C)C1. The molecule has 1 aliphatic carbocycles. The zero-order valence-corrected chi connectivity index (χ0v) is 13.5. The van der Waals surface area contributed by atoms with E-state index in [-0.39, 0.29) is 0 Å². The first kappa shape index (κ1) is 15.3. The quantitative estimate of drug-likeness (QED) is 0.837. The van der Waals surface area contributed by atoms with Gasteiger partial charge in [-0.1, -0.05) is 27.7 Å². The molecule has 2 nitrogen and oxygen atoms in total. The molecule has 0 radical (unpaired) electrons. The van der Waals surface area contributed by atoms with E-state index in [4.69, 9.17) is 0 Å². The molecular formula is C17H34N2. The number of nitrogens with zero attached hydrogens (tertiary/aromatic N) is 1. The third-order valence-corrected chi connectivity index (χ3v) is 5.24. The third kappa shape index (κ3) is 4.46. The van der Waals surface area contributed by atoms with Crippen molar-refractivity contribution >= 4 is 0 Å². The van der Waals surface area contributed by atoms with Crippen LogP contribution in [0.3, 0.4) is 0 Å². The van der Waals surface area contributed by atoms with Crippen LogP contribution in [0.2, 0.25) is 0 Å². The van der Waals surface area contributed by atoms with Crippen molar-refractivity contribution < 1.29 is 0 Å². The Morgan fingerprint density at radius 1 is 1.16 bits per heavy atom. The molecule has 1 saturated carbocycles. The van der Waals surface area contributed by atoms with Gasteiger partial charge in [-0.25, -0.2) is 0 Å². The minimum Gasteiger partial charge on any atom is -0.317 e. The molecule has 2 heteroatoms. The van der Waals surface area contributed by atoms with Crippen LogP contribution in [0.4, 0.5) is 0 Å². The lowest BCUT2D eigenvalue weighted by molar-refractivity contribution is 0.0564. The lowest BCUT2D eigenvalue weighted by Crippen LogP contribution is -2.46. The zero-order chi connectivity index (χ0) is 13.9. The van der Waals surface area contributed by atoms with Crippen LogP contribution in [0.15, 0.2) is 0 Å². The molecule has 1 heterocycles. The highest BCUT2D eigenvalue weighted by molar-refractivity contribution is 4.88. The van der Waals surface area contributed by atoms with Gasteiger partial charge in [-0.05, 0) is 69.0 Å². The fourth-order valence-corrected chi connectivity index (χ4v) is 4.51. The Kier molecular flexibility index (Phi) is 5.30. The average Bonchev–Trinajstić information content (AvgIpc) is 2.34. The van der Waals surface area contributed by atoms with Gasteiger partial charge in [0.25, 0.3) is 0 Å². The molecule has 1 N–H and O–H groups in total. The van der Waals surface area contributed by atoms with Crippen molar-refractivity contribution in [2.45, 2.75) is 65.8 Å². The molecule has 0 aromatic carbocycles. The molecular weight excluding hydrogens is 232 g/mol. The van der Waals surface area contributed by atoms with Crippen LogP contribution in [-0.4, -0.2) is 37.1 Å². The van der Waals surface area contributed by atoms with E-state index in [0.717, 1.165) is 17.9 Å². The normalized spacial score (nSPS) is 32.7. The first-order valence-electron chi connectivity index (χ1n) is 8.45. The maximum atomic E-state index is 3.49. The summed E-state index contributed by atoms with van der Waals surface area (Å²) in [7, 11) is 0. The molecule has 0 amide bonds. The van der Waals surface area contributed by atoms with E-state index in [9.17, 15) is 0 Å². The van der Waals surface area contributed by atoms with Crippen molar-refractivity contribution in [1.82, 2.24) is 10.2 Å². The lowest BCUT2D eigenvalue weighted by Gasteiger charge is -2.45. The molecule has 2 rings (SSSR count). The number of nitrogens with one attached hydrogen (secondary N) is 1. The molecule has 19 heavy (non-hydrogen) atoms. The lowest BCUT2D eigenvalue weighted by atomic mass is 9.70. The van der Waals surface area contributed by atoms with Crippen molar-refractivity contribution in [2.75, 3.05) is 26.2 Å². The standard InChI is InChI=1S/C17H34N2/c1-5-19(13-15-6-8-18-9-7-15)16-10-14(2)11-17(3,4)12-16/h14-16,18H,5-13H2,1-4H3. The maximum Gasteiger partial charge on any atom is 0.0103 e. The van der Waals surface area contributed by atoms with Crippen molar-refractivity contribution in [3.8, 4) is 0 Å². The summed E-state index contributed by atoms with van der Waals surface area (Å²) >= 11 is 0. The highest BCUT2D eigenvalue weighted by Crippen LogP contribution is 2.40. The van der Waals surface area contributed by atoms with E-state index in [1.54, 1.807) is 0 Å². The van der Waals surface area contributed by atoms with Gasteiger partial charge in [0.2, 0.25) is 0 Å². The third-order valence-electron chi connectivity index (χ3n) is 5.24. The summed E-state index contributed by atoms with van der Waals surface area (Å²) in [6.07, 6.45) is 6.98. The van der Waals surface area contributed by atoms with Gasteiger partial charge >= 0.3 is 0 Å². The molecule has 0 aromatic rings. The summed E-state index contributed by atoms with van der Waals surface area (Å²) in [5.41, 5.74) is 0.546. The smallest absolute Gasteiger partial charge is 0.0103 e. The van der Waals surface area contributed by atoms with Crippen LogP contribution in [0.25, 0.3) is 0 Å². The minimum absolute atomic E-state index is 0.546. The fraction of sp³-hybridized carbons (Fsp3) is 1.00. The van der Waals surface area contributed by atoms with Crippen molar-refractivity contribution in [1.29, 1.82) is 0 Å². The van der Waals surface area contributed by atoms with Crippen LogP contribution >= 0.6 is 0 Å². The topological polar surface area (TPSA) is 15.3 Å². The Morgan fingerprint density at radius 3 is 2.42 bits per heavy atom. The Bertz CT molecular complexity index is 268. The maximum absolute atomic E-state index is 3.49. The Hall–Kier alpha value is -0.0800. The molecule has 2 fully saturated rings. The van der Waals surface area contributed by atoms with Gasteiger partial charge in [-0.2, -0.15) is 0 Å². The molecule has 2 atom stereocenters. The first-order chi connectivity index (χ1) is 9.00. The first-order valence-corrected chi connectivity index (χ1v) is 8.45. The highest BCUT2D eigenvalue weighted by Gasteiger charge is 2.35. The average molecular weight is 266 g/mol. The van der Waals surface area contributed by atoms with Gasteiger partial charge in [0.05, 0.1) is 0 Å². The van der Waals surface area contributed by atoms with Crippen molar-refractivity contribution in [3.63, 3.8) is 0 Å². The largest absolute Gasteiger partial charge is 0.317 e. The zero-order valence-electron chi connectivity index (χ0n) is 13.5. The number of hydrogen-bond donors (Lipinski definition) is 1. The molecule has 2 unspecified atom stereocenters. The molecule has 1 aliphatic heterocycles. The number of rotatable bonds is 4. The monoisotopic (exact) mass is 266 g/mol. The van der Waals surface area contributed by atoms with Gasteiger partial charge in [-0.3, -0.25) is 0 Å². The summed E-state index contributed by atoms with van der Waals surface area (Å²) in [6.45, 7) is 14.8. The van der Waals surface area contributed by atoms with Gasteiger partial charge in [0, 0.05) is 12.6 Å². The van der Waals surface area contributed by atoms with E-state index in [1.807, 2.05) is 0 Å². The van der Waals surface area contributed by atoms with Crippen LogP contribution < -0.4 is 5.32 Å². The van der Waals surface area contributed by atoms with Crippen LogP contribution in [0, 0.1) is 17.3 Å². The number of piperidine rings is 1. The van der Waals surface area contributed by atoms with E-state index in [1.165, 1.54) is 58.3 Å². The van der Waals surface area contributed by atoms with E-state index >= 15 is 0 Å². The molecule has 1 saturated heterocycles. The van der Waals surface area contributed by atoms with E-state index < -0.39 is 0 Å². The summed E-state index contributed by atoms with van der Waals surface area (Å²) < 4.78 is 0. The van der Waals surface area contributed by atoms with Gasteiger partial charge in [-0.15, -0.1) is 0 Å². The van der Waals surface area contributed by atoms with Crippen molar-refractivity contribution in [3.05, 3.63) is 0 Å². The highest BCUT2D eigenvalue weighted by atomic mass is 15.2. The van der Waals surface area contributed by atoms with Gasteiger partial charge < -0.3 is 10.2 Å². The predicted octanol–water partition coefficient (Wildman–Crippen LogP) is 3.52. The Morgan fingerprint density at radius 2 is 1.84 bits per heavy atom. The Labute approximate surface area is 120 Å². The fourth-order valence-electron chi connectivity index (χ4n) is 4.51. The molecule has 112 valence electrons.